The molecule has 2 aromatic rings. The molecule has 2 rings (SSSR count). The van der Waals surface area contributed by atoms with Crippen molar-refractivity contribution >= 4 is 33.1 Å². The molecule has 0 aromatic carbocycles. The Labute approximate surface area is 122 Å². The molecule has 0 atom stereocenters. The molecular weight excluding hydrogens is 270 g/mol. The van der Waals surface area contributed by atoms with Crippen LogP contribution in [0.4, 0.5) is 5.69 Å². The van der Waals surface area contributed by atoms with Gasteiger partial charge in [-0.1, -0.05) is 0 Å². The summed E-state index contributed by atoms with van der Waals surface area (Å²) >= 11 is 1.34. The van der Waals surface area contributed by atoms with Gasteiger partial charge in [-0.2, -0.15) is 0 Å². The summed E-state index contributed by atoms with van der Waals surface area (Å²) in [7, 11) is 0. The Balaban J connectivity index is 2.30. The Morgan fingerprint density at radius 2 is 2.25 bits per heavy atom. The lowest BCUT2D eigenvalue weighted by atomic mass is 10.1. The van der Waals surface area contributed by atoms with Gasteiger partial charge in [0.05, 0.1) is 5.69 Å². The molecule has 0 aliphatic heterocycles. The average molecular weight is 287 g/mol. The molecule has 104 valence electrons. The highest BCUT2D eigenvalue weighted by atomic mass is 32.1. The van der Waals surface area contributed by atoms with Crippen molar-refractivity contribution in [3.8, 4) is 11.8 Å². The fourth-order valence-corrected chi connectivity index (χ4v) is 3.21. The molecule has 4 nitrogen and oxygen atoms in total. The van der Waals surface area contributed by atoms with Crippen molar-refractivity contribution in [1.29, 1.82) is 0 Å². The van der Waals surface area contributed by atoms with Gasteiger partial charge in [-0.3, -0.25) is 4.79 Å². The standard InChI is InChI=1S/C15H17N3OS/c1-4-5-6-7-17-14(19)13-12(16)11-9(2)8-10(3)18-15(11)20-13/h8H,6-7,16H2,1-3H3,(H,17,19). The Morgan fingerprint density at radius 3 is 2.95 bits per heavy atom. The zero-order valence-corrected chi connectivity index (χ0v) is 12.6. The van der Waals surface area contributed by atoms with Crippen molar-refractivity contribution in [2.24, 2.45) is 0 Å². The third-order valence-electron chi connectivity index (χ3n) is 2.94. The van der Waals surface area contributed by atoms with Crippen molar-refractivity contribution in [1.82, 2.24) is 10.3 Å². The minimum atomic E-state index is -0.152. The van der Waals surface area contributed by atoms with Crippen molar-refractivity contribution in [2.75, 3.05) is 12.3 Å². The molecule has 0 spiro atoms. The van der Waals surface area contributed by atoms with Gasteiger partial charge in [0.25, 0.3) is 5.91 Å². The number of nitrogens with one attached hydrogen (secondary N) is 1. The normalized spacial score (nSPS) is 10.2. The molecular formula is C15H17N3OS. The van der Waals surface area contributed by atoms with E-state index in [1.807, 2.05) is 19.9 Å². The first kappa shape index (κ1) is 14.4. The number of aromatic nitrogens is 1. The van der Waals surface area contributed by atoms with Crippen LogP contribution in [-0.4, -0.2) is 17.4 Å². The van der Waals surface area contributed by atoms with Gasteiger partial charge in [-0.25, -0.2) is 4.98 Å². The van der Waals surface area contributed by atoms with Gasteiger partial charge in [0.15, 0.2) is 0 Å². The van der Waals surface area contributed by atoms with Crippen LogP contribution in [0.1, 0.15) is 34.3 Å². The number of carbonyl (C=O) groups is 1. The number of aryl methyl sites for hydroxylation is 2. The molecule has 20 heavy (non-hydrogen) atoms. The molecule has 0 saturated carbocycles. The molecule has 0 aliphatic rings. The number of pyridine rings is 1. The van der Waals surface area contributed by atoms with E-state index in [-0.39, 0.29) is 5.91 Å². The van der Waals surface area contributed by atoms with Gasteiger partial charge in [-0.15, -0.1) is 23.2 Å². The number of rotatable bonds is 3. The number of nitrogens with zero attached hydrogens (tertiary/aromatic N) is 1. The molecule has 0 unspecified atom stereocenters. The van der Waals surface area contributed by atoms with Crippen LogP contribution in [0.25, 0.3) is 10.2 Å². The molecule has 0 bridgehead atoms. The number of fused-ring (bicyclic) bond motifs is 1. The number of thiophene rings is 1. The van der Waals surface area contributed by atoms with Gasteiger partial charge in [0, 0.05) is 24.0 Å². The van der Waals surface area contributed by atoms with Gasteiger partial charge in [-0.05, 0) is 32.4 Å². The minimum Gasteiger partial charge on any atom is -0.397 e. The van der Waals surface area contributed by atoms with Gasteiger partial charge in [0.1, 0.15) is 9.71 Å². The van der Waals surface area contributed by atoms with Crippen LogP contribution in [0, 0.1) is 25.7 Å². The van der Waals surface area contributed by atoms with E-state index in [2.05, 4.69) is 22.1 Å². The molecule has 3 N–H and O–H groups in total. The van der Waals surface area contributed by atoms with Crippen molar-refractivity contribution in [2.45, 2.75) is 27.2 Å². The topological polar surface area (TPSA) is 68.0 Å². The Kier molecular flexibility index (Phi) is 4.26. The van der Waals surface area contributed by atoms with E-state index in [9.17, 15) is 4.79 Å². The molecule has 2 heterocycles. The number of anilines is 1. The van der Waals surface area contributed by atoms with Crippen molar-refractivity contribution < 1.29 is 4.79 Å². The van der Waals surface area contributed by atoms with E-state index in [0.717, 1.165) is 21.5 Å². The van der Waals surface area contributed by atoms with E-state index in [1.165, 1.54) is 11.3 Å². The molecule has 0 radical (unpaired) electrons. The monoisotopic (exact) mass is 287 g/mol. The maximum atomic E-state index is 12.1. The number of hydrogen-bond acceptors (Lipinski definition) is 4. The lowest BCUT2D eigenvalue weighted by Gasteiger charge is -2.02. The summed E-state index contributed by atoms with van der Waals surface area (Å²) in [5.41, 5.74) is 8.61. The second-order valence-electron chi connectivity index (χ2n) is 4.54. The molecule has 2 aromatic heterocycles. The highest BCUT2D eigenvalue weighted by molar-refractivity contribution is 7.21. The van der Waals surface area contributed by atoms with Gasteiger partial charge in [0.2, 0.25) is 0 Å². The van der Waals surface area contributed by atoms with Crippen LogP contribution in [0.5, 0.6) is 0 Å². The van der Waals surface area contributed by atoms with E-state index in [1.54, 1.807) is 6.92 Å². The summed E-state index contributed by atoms with van der Waals surface area (Å²) < 4.78 is 0. The van der Waals surface area contributed by atoms with E-state index >= 15 is 0 Å². The lowest BCUT2D eigenvalue weighted by Crippen LogP contribution is -2.24. The fourth-order valence-electron chi connectivity index (χ4n) is 2.08. The average Bonchev–Trinajstić information content (AvgIpc) is 2.71. The summed E-state index contributed by atoms with van der Waals surface area (Å²) in [5.74, 6) is 5.55. The molecule has 5 heteroatoms. The van der Waals surface area contributed by atoms with E-state index < -0.39 is 0 Å². The molecule has 1 amide bonds. The van der Waals surface area contributed by atoms with Crippen LogP contribution in [0.2, 0.25) is 0 Å². The summed E-state index contributed by atoms with van der Waals surface area (Å²) in [6.45, 7) is 6.23. The molecule has 0 aliphatic carbocycles. The second-order valence-corrected chi connectivity index (χ2v) is 5.54. The Morgan fingerprint density at radius 1 is 1.50 bits per heavy atom. The van der Waals surface area contributed by atoms with Crippen molar-refractivity contribution in [3.05, 3.63) is 22.2 Å². The zero-order valence-electron chi connectivity index (χ0n) is 11.8. The predicted molar refractivity (Wildman–Crippen MR) is 83.9 cm³/mol. The number of amides is 1. The zero-order chi connectivity index (χ0) is 14.7. The fraction of sp³-hybridized carbons (Fsp3) is 0.333. The van der Waals surface area contributed by atoms with Gasteiger partial charge < -0.3 is 11.1 Å². The first-order valence-corrected chi connectivity index (χ1v) is 7.20. The third kappa shape index (κ3) is 2.75. The van der Waals surface area contributed by atoms with Crippen LogP contribution in [-0.2, 0) is 0 Å². The Hall–Kier alpha value is -2.06. The number of carbonyl (C=O) groups excluding carboxylic acids is 1. The Bertz CT molecular complexity index is 722. The maximum absolute atomic E-state index is 12.1. The summed E-state index contributed by atoms with van der Waals surface area (Å²) in [5, 5.41) is 3.72. The summed E-state index contributed by atoms with van der Waals surface area (Å²) in [6, 6.07) is 1.98. The first-order valence-electron chi connectivity index (χ1n) is 6.38. The van der Waals surface area contributed by atoms with E-state index in [0.29, 0.717) is 23.5 Å². The first-order chi connectivity index (χ1) is 9.54. The second kappa shape index (κ2) is 5.93. The quantitative estimate of drug-likeness (QED) is 0.673. The highest BCUT2D eigenvalue weighted by Gasteiger charge is 2.18. The predicted octanol–water partition coefficient (Wildman–Crippen LogP) is 2.64. The number of nitrogens with two attached hydrogens (primary N) is 1. The van der Waals surface area contributed by atoms with Crippen molar-refractivity contribution in [3.63, 3.8) is 0 Å². The molecule has 0 saturated heterocycles. The highest BCUT2D eigenvalue weighted by Crippen LogP contribution is 2.34. The summed E-state index contributed by atoms with van der Waals surface area (Å²) in [4.78, 5) is 17.9. The SMILES string of the molecule is CC#CCCNC(=O)c1sc2nc(C)cc(C)c2c1N. The third-order valence-corrected chi connectivity index (χ3v) is 4.04. The van der Waals surface area contributed by atoms with E-state index in [4.69, 9.17) is 5.73 Å². The minimum absolute atomic E-state index is 0.152. The lowest BCUT2D eigenvalue weighted by molar-refractivity contribution is 0.0959. The van der Waals surface area contributed by atoms with Crippen LogP contribution in [0.15, 0.2) is 6.07 Å². The largest absolute Gasteiger partial charge is 0.397 e. The maximum Gasteiger partial charge on any atom is 0.263 e. The van der Waals surface area contributed by atoms with Gasteiger partial charge >= 0.3 is 0 Å². The van der Waals surface area contributed by atoms with Crippen LogP contribution < -0.4 is 11.1 Å². The number of nitrogen functional groups attached to an aromatic ring is 1. The smallest absolute Gasteiger partial charge is 0.263 e. The molecule has 0 fully saturated rings. The number of hydrogen-bond donors (Lipinski definition) is 2. The van der Waals surface area contributed by atoms with Crippen LogP contribution >= 0.6 is 11.3 Å². The van der Waals surface area contributed by atoms with Crippen LogP contribution in [0.3, 0.4) is 0 Å². The summed E-state index contributed by atoms with van der Waals surface area (Å²) in [6.07, 6.45) is 0.642.